The van der Waals surface area contributed by atoms with Crippen LogP contribution in [0.5, 0.6) is 0 Å². The van der Waals surface area contributed by atoms with Gasteiger partial charge in [-0.25, -0.2) is 4.98 Å². The topological polar surface area (TPSA) is 34.2 Å². The van der Waals surface area contributed by atoms with Gasteiger partial charge in [-0.2, -0.15) is 0 Å². The van der Waals surface area contributed by atoms with Gasteiger partial charge in [-0.1, -0.05) is 146 Å². The van der Waals surface area contributed by atoms with E-state index in [1.54, 1.807) is 0 Å². The van der Waals surface area contributed by atoms with Gasteiger partial charge in [0.25, 0.3) is 0 Å². The average Bonchev–Trinajstić information content (AvgIpc) is 3.90. The van der Waals surface area contributed by atoms with Crippen LogP contribution in [0.3, 0.4) is 0 Å². The molecule has 0 aliphatic carbocycles. The number of para-hydroxylation sites is 2. The third-order valence-corrected chi connectivity index (χ3v) is 11.7. The van der Waals surface area contributed by atoms with Crippen LogP contribution in [0.2, 0.25) is 0 Å². The Kier molecular flexibility index (Phi) is 7.50. The molecule has 0 saturated heterocycles. The summed E-state index contributed by atoms with van der Waals surface area (Å²) in [5.74, 6) is 0.618. The van der Waals surface area contributed by atoms with E-state index in [4.69, 9.17) is 9.40 Å². The Morgan fingerprint density at radius 3 is 1.88 bits per heavy atom. The molecule has 4 nitrogen and oxygen atoms in total. The summed E-state index contributed by atoms with van der Waals surface area (Å²) in [5.41, 5.74) is 11.6. The van der Waals surface area contributed by atoms with Gasteiger partial charge < -0.3 is 13.9 Å². The van der Waals surface area contributed by atoms with Crippen molar-refractivity contribution in [1.82, 2.24) is 9.55 Å². The Hall–Kier alpha value is -7.95. The highest BCUT2D eigenvalue weighted by atomic mass is 16.3. The van der Waals surface area contributed by atoms with E-state index < -0.39 is 0 Å². The van der Waals surface area contributed by atoms with Gasteiger partial charge in [0, 0.05) is 49.6 Å². The second kappa shape index (κ2) is 13.3. The van der Waals surface area contributed by atoms with Crippen LogP contribution >= 0.6 is 0 Å². The van der Waals surface area contributed by atoms with Crippen molar-refractivity contribution in [3.05, 3.63) is 212 Å². The molecule has 0 fully saturated rings. The Bertz CT molecular complexity index is 3550. The minimum atomic E-state index is 0.618. The van der Waals surface area contributed by atoms with Gasteiger partial charge in [0.1, 0.15) is 5.52 Å². The second-order valence-electron chi connectivity index (χ2n) is 15.1. The maximum atomic E-state index is 6.76. The van der Waals surface area contributed by atoms with Crippen molar-refractivity contribution in [2.75, 3.05) is 4.90 Å². The van der Waals surface area contributed by atoms with Gasteiger partial charge in [-0.3, -0.25) is 0 Å². The maximum Gasteiger partial charge on any atom is 0.227 e. The molecule has 0 radical (unpaired) electrons. The summed E-state index contributed by atoms with van der Waals surface area (Å²) in [7, 11) is 0. The zero-order valence-electron chi connectivity index (χ0n) is 32.0. The van der Waals surface area contributed by atoms with Crippen molar-refractivity contribution in [3.8, 4) is 28.3 Å². The molecule has 2 heterocycles. The standard InChI is InChI=1S/C55H35N3O/c1-4-15-36(16-5-1)39-20-14-23-42(33-39)57(43-29-31-46-45-25-12-13-26-49(45)58(51(46)35-43)41-21-8-3-9-22-41)50-34-40-19-10-11-24-44(40)53-47(50)30-27-37-28-32-48-54(52(37)53)59-55(56-48)38-17-6-2-7-18-38/h1-35H. The Balaban J connectivity index is 1.19. The van der Waals surface area contributed by atoms with Crippen LogP contribution in [0.15, 0.2) is 217 Å². The summed E-state index contributed by atoms with van der Waals surface area (Å²) in [6, 6.07) is 75.9. The fourth-order valence-corrected chi connectivity index (χ4v) is 9.09. The van der Waals surface area contributed by atoms with Crippen molar-refractivity contribution in [1.29, 1.82) is 0 Å². The molecule has 0 saturated carbocycles. The molecule has 0 bridgehead atoms. The highest BCUT2D eigenvalue weighted by Gasteiger charge is 2.23. The predicted octanol–water partition coefficient (Wildman–Crippen LogP) is 15.2. The molecule has 0 atom stereocenters. The molecule has 12 aromatic rings. The van der Waals surface area contributed by atoms with Crippen molar-refractivity contribution < 1.29 is 4.42 Å². The smallest absolute Gasteiger partial charge is 0.227 e. The summed E-state index contributed by atoms with van der Waals surface area (Å²) in [6.45, 7) is 0. The largest absolute Gasteiger partial charge is 0.435 e. The molecule has 0 N–H and O–H groups in total. The molecule has 10 aromatic carbocycles. The van der Waals surface area contributed by atoms with Gasteiger partial charge >= 0.3 is 0 Å². The fraction of sp³-hybridized carbons (Fsp3) is 0. The minimum Gasteiger partial charge on any atom is -0.435 e. The molecule has 59 heavy (non-hydrogen) atoms. The SMILES string of the molecule is c1ccc(-c2cccc(N(c3ccc4c5ccccc5n(-c5ccccc5)c4c3)c3cc4ccccc4c4c3ccc3ccc5nc(-c6ccccc6)oc5c34)c2)cc1. The second-order valence-corrected chi connectivity index (χ2v) is 15.1. The number of fused-ring (bicyclic) bond motifs is 10. The van der Waals surface area contributed by atoms with E-state index >= 15 is 0 Å². The Morgan fingerprint density at radius 1 is 0.407 bits per heavy atom. The summed E-state index contributed by atoms with van der Waals surface area (Å²) in [4.78, 5) is 7.45. The summed E-state index contributed by atoms with van der Waals surface area (Å²) in [5, 5.41) is 9.17. The summed E-state index contributed by atoms with van der Waals surface area (Å²) >= 11 is 0. The Morgan fingerprint density at radius 2 is 1.05 bits per heavy atom. The molecule has 0 spiro atoms. The van der Waals surface area contributed by atoms with Crippen LogP contribution in [0.25, 0.3) is 93.5 Å². The fourth-order valence-electron chi connectivity index (χ4n) is 9.09. The number of benzene rings is 10. The van der Waals surface area contributed by atoms with Gasteiger partial charge in [0.15, 0.2) is 5.58 Å². The van der Waals surface area contributed by atoms with E-state index in [1.807, 2.05) is 30.3 Å². The van der Waals surface area contributed by atoms with Crippen LogP contribution in [0.4, 0.5) is 17.1 Å². The molecule has 0 unspecified atom stereocenters. The number of oxazole rings is 1. The van der Waals surface area contributed by atoms with Crippen molar-refractivity contribution in [3.63, 3.8) is 0 Å². The van der Waals surface area contributed by atoms with Crippen molar-refractivity contribution in [2.24, 2.45) is 0 Å². The highest BCUT2D eigenvalue weighted by molar-refractivity contribution is 6.29. The van der Waals surface area contributed by atoms with E-state index in [9.17, 15) is 0 Å². The van der Waals surface area contributed by atoms with Crippen molar-refractivity contribution >= 4 is 82.3 Å². The lowest BCUT2D eigenvalue weighted by Crippen LogP contribution is -2.11. The van der Waals surface area contributed by atoms with Gasteiger partial charge in [-0.05, 0) is 94.0 Å². The van der Waals surface area contributed by atoms with Gasteiger partial charge in [-0.15, -0.1) is 0 Å². The first-order valence-electron chi connectivity index (χ1n) is 20.0. The molecule has 0 amide bonds. The zero-order valence-corrected chi connectivity index (χ0v) is 32.0. The van der Waals surface area contributed by atoms with Gasteiger partial charge in [0.05, 0.1) is 16.7 Å². The van der Waals surface area contributed by atoms with Crippen LogP contribution in [-0.4, -0.2) is 9.55 Å². The molecule has 276 valence electrons. The average molecular weight is 754 g/mol. The van der Waals surface area contributed by atoms with E-state index in [0.717, 1.165) is 77.4 Å². The minimum absolute atomic E-state index is 0.618. The number of hydrogen-bond donors (Lipinski definition) is 0. The number of rotatable bonds is 6. The first-order chi connectivity index (χ1) is 29.3. The number of hydrogen-bond acceptors (Lipinski definition) is 3. The lowest BCUT2D eigenvalue weighted by atomic mass is 9.93. The van der Waals surface area contributed by atoms with E-state index in [1.165, 1.54) is 27.2 Å². The quantitative estimate of drug-likeness (QED) is 0.159. The lowest BCUT2D eigenvalue weighted by molar-refractivity contribution is 0.623. The highest BCUT2D eigenvalue weighted by Crippen LogP contribution is 2.47. The zero-order chi connectivity index (χ0) is 38.9. The summed E-state index contributed by atoms with van der Waals surface area (Å²) in [6.07, 6.45) is 0. The maximum absolute atomic E-state index is 6.76. The monoisotopic (exact) mass is 753 g/mol. The Labute approximate surface area is 340 Å². The van der Waals surface area contributed by atoms with Crippen LogP contribution < -0.4 is 4.90 Å². The molecular weight excluding hydrogens is 719 g/mol. The van der Waals surface area contributed by atoms with Crippen LogP contribution in [0, 0.1) is 0 Å². The van der Waals surface area contributed by atoms with Gasteiger partial charge in [0.2, 0.25) is 5.89 Å². The van der Waals surface area contributed by atoms with E-state index in [2.05, 4.69) is 191 Å². The van der Waals surface area contributed by atoms with Crippen LogP contribution in [-0.2, 0) is 0 Å². The first-order valence-corrected chi connectivity index (χ1v) is 20.0. The van der Waals surface area contributed by atoms with Crippen molar-refractivity contribution in [2.45, 2.75) is 0 Å². The molecule has 0 aliphatic heterocycles. The molecule has 12 rings (SSSR count). The summed E-state index contributed by atoms with van der Waals surface area (Å²) < 4.78 is 9.16. The molecular formula is C55H35N3O. The van der Waals surface area contributed by atoms with E-state index in [-0.39, 0.29) is 0 Å². The lowest BCUT2D eigenvalue weighted by Gasteiger charge is -2.28. The van der Waals surface area contributed by atoms with Crippen LogP contribution in [0.1, 0.15) is 0 Å². The third-order valence-electron chi connectivity index (χ3n) is 11.7. The third kappa shape index (κ3) is 5.34. The number of anilines is 3. The molecule has 4 heteroatoms. The molecule has 2 aromatic heterocycles. The molecule has 0 aliphatic rings. The number of aromatic nitrogens is 2. The predicted molar refractivity (Wildman–Crippen MR) is 246 cm³/mol. The number of nitrogens with zero attached hydrogens (tertiary/aromatic N) is 3. The first kappa shape index (κ1) is 33.2. The van der Waals surface area contributed by atoms with E-state index in [0.29, 0.717) is 5.89 Å². The normalized spacial score (nSPS) is 11.7.